The number of aromatic nitrogens is 1. The predicted molar refractivity (Wildman–Crippen MR) is 98.9 cm³/mol. The first-order chi connectivity index (χ1) is 11.2. The number of primary amides is 1. The van der Waals surface area contributed by atoms with Crippen molar-refractivity contribution in [3.05, 3.63) is 17.5 Å². The number of carbonyl (C=O) groups is 1. The Balaban J connectivity index is 0.00000169. The number of hydrogen-bond acceptors (Lipinski definition) is 5. The van der Waals surface area contributed by atoms with Crippen LogP contribution in [0.5, 0.6) is 0 Å². The van der Waals surface area contributed by atoms with Crippen LogP contribution in [0.4, 0.5) is 0 Å². The van der Waals surface area contributed by atoms with Gasteiger partial charge in [0, 0.05) is 24.6 Å². The van der Waals surface area contributed by atoms with E-state index in [1.165, 1.54) is 18.4 Å². The molecule has 1 saturated carbocycles. The van der Waals surface area contributed by atoms with Crippen molar-refractivity contribution in [1.82, 2.24) is 10.1 Å². The molecular formula is C17H26IN3O3. The lowest BCUT2D eigenvalue weighted by Crippen LogP contribution is -2.41. The number of likely N-dealkylation sites (tertiary alicyclic amines) is 1. The first-order valence-electron chi connectivity index (χ1n) is 8.79. The van der Waals surface area contributed by atoms with Crippen LogP contribution in [0.3, 0.4) is 0 Å². The summed E-state index contributed by atoms with van der Waals surface area (Å²) >= 11 is 0. The van der Waals surface area contributed by atoms with Crippen molar-refractivity contribution < 1.29 is 14.1 Å². The molecule has 4 rings (SSSR count). The number of hydrogen-bond donors (Lipinski definition) is 1. The summed E-state index contributed by atoms with van der Waals surface area (Å²) < 4.78 is 11.2. The van der Waals surface area contributed by atoms with E-state index in [1.54, 1.807) is 0 Å². The summed E-state index contributed by atoms with van der Waals surface area (Å²) in [6.07, 6.45) is 7.30. The first-order valence-corrected chi connectivity index (χ1v) is 8.79. The molecule has 1 aliphatic carbocycles. The molecule has 3 aliphatic rings. The summed E-state index contributed by atoms with van der Waals surface area (Å²) in [4.78, 5) is 14.0. The molecule has 0 spiro atoms. The van der Waals surface area contributed by atoms with E-state index in [0.717, 1.165) is 44.7 Å². The zero-order chi connectivity index (χ0) is 15.8. The SMILES string of the molecule is I.NC(=O)[C@H]1CCO[C@@H]1C1CCN(Cc2cnoc2C2CC2)CC1. The fraction of sp³-hybridized carbons (Fsp3) is 0.765. The van der Waals surface area contributed by atoms with Gasteiger partial charge in [0.05, 0.1) is 18.2 Å². The first kappa shape index (κ1) is 18.1. The van der Waals surface area contributed by atoms with Gasteiger partial charge in [0.25, 0.3) is 0 Å². The molecule has 0 radical (unpaired) electrons. The van der Waals surface area contributed by atoms with Crippen molar-refractivity contribution in [3.63, 3.8) is 0 Å². The van der Waals surface area contributed by atoms with Gasteiger partial charge in [-0.15, -0.1) is 24.0 Å². The highest BCUT2D eigenvalue weighted by atomic mass is 127. The Labute approximate surface area is 159 Å². The third-order valence-corrected chi connectivity index (χ3v) is 5.62. The number of halogens is 1. The largest absolute Gasteiger partial charge is 0.377 e. The highest BCUT2D eigenvalue weighted by Crippen LogP contribution is 2.42. The van der Waals surface area contributed by atoms with Crippen molar-refractivity contribution in [2.75, 3.05) is 19.7 Å². The van der Waals surface area contributed by atoms with Gasteiger partial charge in [0.2, 0.25) is 5.91 Å². The topological polar surface area (TPSA) is 81.6 Å². The molecule has 134 valence electrons. The molecule has 24 heavy (non-hydrogen) atoms. The summed E-state index contributed by atoms with van der Waals surface area (Å²) in [5, 5.41) is 3.98. The average molecular weight is 447 g/mol. The van der Waals surface area contributed by atoms with Crippen LogP contribution in [-0.2, 0) is 16.1 Å². The quantitative estimate of drug-likeness (QED) is 0.701. The predicted octanol–water partition coefficient (Wildman–Crippen LogP) is 2.27. The zero-order valence-corrected chi connectivity index (χ0v) is 16.2. The van der Waals surface area contributed by atoms with Crippen molar-refractivity contribution in [2.24, 2.45) is 17.6 Å². The summed E-state index contributed by atoms with van der Waals surface area (Å²) in [5.74, 6) is 1.87. The molecule has 1 aromatic rings. The average Bonchev–Trinajstić information content (AvgIpc) is 3.09. The van der Waals surface area contributed by atoms with Gasteiger partial charge in [-0.1, -0.05) is 5.16 Å². The van der Waals surface area contributed by atoms with Gasteiger partial charge < -0.3 is 15.0 Å². The van der Waals surface area contributed by atoms with Crippen LogP contribution in [0.2, 0.25) is 0 Å². The molecule has 2 aliphatic heterocycles. The maximum absolute atomic E-state index is 11.6. The fourth-order valence-corrected chi connectivity index (χ4v) is 4.13. The molecular weight excluding hydrogens is 421 g/mol. The molecule has 1 amide bonds. The minimum atomic E-state index is -0.200. The van der Waals surface area contributed by atoms with Crippen LogP contribution in [0, 0.1) is 11.8 Å². The van der Waals surface area contributed by atoms with Crippen molar-refractivity contribution in [2.45, 2.75) is 50.7 Å². The Morgan fingerprint density at radius 2 is 2.00 bits per heavy atom. The molecule has 3 fully saturated rings. The summed E-state index contributed by atoms with van der Waals surface area (Å²) in [5.41, 5.74) is 6.76. The standard InChI is InChI=1S/C17H25N3O3.HI/c18-17(21)14-5-8-22-16(14)12-3-6-20(7-4-12)10-13-9-19-23-15(13)11-1-2-11;/h9,11-12,14,16H,1-8,10H2,(H2,18,21);1H/t14-,16+;/m0./s1. The summed E-state index contributed by atoms with van der Waals surface area (Å²) in [6, 6.07) is 0. The van der Waals surface area contributed by atoms with Gasteiger partial charge >= 0.3 is 0 Å². The number of carbonyl (C=O) groups excluding carboxylic acids is 1. The van der Waals surface area contributed by atoms with Crippen LogP contribution < -0.4 is 5.73 Å². The molecule has 0 unspecified atom stereocenters. The molecule has 1 aromatic heterocycles. The van der Waals surface area contributed by atoms with Gasteiger partial charge in [0.15, 0.2) is 0 Å². The van der Waals surface area contributed by atoms with Crippen LogP contribution in [0.15, 0.2) is 10.7 Å². The van der Waals surface area contributed by atoms with Gasteiger partial charge in [0.1, 0.15) is 5.76 Å². The van der Waals surface area contributed by atoms with Crippen molar-refractivity contribution in [1.29, 1.82) is 0 Å². The highest BCUT2D eigenvalue weighted by Gasteiger charge is 2.39. The second-order valence-electron chi connectivity index (χ2n) is 7.24. The maximum Gasteiger partial charge on any atom is 0.223 e. The molecule has 2 saturated heterocycles. The Morgan fingerprint density at radius 1 is 1.25 bits per heavy atom. The fourth-order valence-electron chi connectivity index (χ4n) is 4.13. The molecule has 0 bridgehead atoms. The molecule has 7 heteroatoms. The van der Waals surface area contributed by atoms with E-state index >= 15 is 0 Å². The van der Waals surface area contributed by atoms with E-state index in [-0.39, 0.29) is 41.9 Å². The van der Waals surface area contributed by atoms with E-state index in [4.69, 9.17) is 15.0 Å². The second-order valence-corrected chi connectivity index (χ2v) is 7.24. The van der Waals surface area contributed by atoms with Crippen LogP contribution in [0.25, 0.3) is 0 Å². The Bertz CT molecular complexity index is 567. The highest BCUT2D eigenvalue weighted by molar-refractivity contribution is 14.0. The lowest BCUT2D eigenvalue weighted by Gasteiger charge is -2.35. The van der Waals surface area contributed by atoms with E-state index in [1.807, 2.05) is 6.20 Å². The number of nitrogens with zero attached hydrogens (tertiary/aromatic N) is 2. The molecule has 3 heterocycles. The van der Waals surface area contributed by atoms with Crippen molar-refractivity contribution >= 4 is 29.9 Å². The normalized spacial score (nSPS) is 28.7. The number of nitrogens with two attached hydrogens (primary N) is 1. The van der Waals surface area contributed by atoms with E-state index in [2.05, 4.69) is 10.1 Å². The maximum atomic E-state index is 11.6. The lowest BCUT2D eigenvalue weighted by molar-refractivity contribution is -0.124. The monoisotopic (exact) mass is 447 g/mol. The van der Waals surface area contributed by atoms with Gasteiger partial charge in [-0.2, -0.15) is 0 Å². The van der Waals surface area contributed by atoms with Crippen molar-refractivity contribution in [3.8, 4) is 0 Å². The van der Waals surface area contributed by atoms with E-state index in [9.17, 15) is 4.79 Å². The molecule has 0 aromatic carbocycles. The Kier molecular flexibility index (Phi) is 5.82. The minimum absolute atomic E-state index is 0. The smallest absolute Gasteiger partial charge is 0.223 e. The number of amides is 1. The van der Waals surface area contributed by atoms with Crippen LogP contribution >= 0.6 is 24.0 Å². The van der Waals surface area contributed by atoms with E-state index < -0.39 is 0 Å². The minimum Gasteiger partial charge on any atom is -0.377 e. The zero-order valence-electron chi connectivity index (χ0n) is 13.9. The number of ether oxygens (including phenoxy) is 1. The lowest BCUT2D eigenvalue weighted by atomic mass is 9.84. The molecule has 2 N–H and O–H groups in total. The van der Waals surface area contributed by atoms with Gasteiger partial charge in [-0.25, -0.2) is 0 Å². The Morgan fingerprint density at radius 3 is 2.67 bits per heavy atom. The Hall–Kier alpha value is -0.670. The van der Waals surface area contributed by atoms with Crippen LogP contribution in [-0.4, -0.2) is 41.8 Å². The summed E-state index contributed by atoms with van der Waals surface area (Å²) in [7, 11) is 0. The van der Waals surface area contributed by atoms with Crippen LogP contribution in [0.1, 0.15) is 49.3 Å². The van der Waals surface area contributed by atoms with E-state index in [0.29, 0.717) is 18.4 Å². The van der Waals surface area contributed by atoms with Gasteiger partial charge in [-0.3, -0.25) is 9.69 Å². The third kappa shape index (κ3) is 3.77. The van der Waals surface area contributed by atoms with Gasteiger partial charge in [-0.05, 0) is 51.1 Å². The molecule has 6 nitrogen and oxygen atoms in total. The molecule has 2 atom stereocenters. The second kappa shape index (κ2) is 7.70. The third-order valence-electron chi connectivity index (χ3n) is 5.62. The number of piperidine rings is 1. The summed E-state index contributed by atoms with van der Waals surface area (Å²) in [6.45, 7) is 3.66. The number of rotatable bonds is 5.